The van der Waals surface area contributed by atoms with Crippen molar-refractivity contribution in [3.05, 3.63) is 60.2 Å². The van der Waals surface area contributed by atoms with E-state index in [1.54, 1.807) is 12.1 Å². The van der Waals surface area contributed by atoms with Crippen LogP contribution in [0, 0.1) is 11.8 Å². The topological polar surface area (TPSA) is 93.1 Å². The lowest BCUT2D eigenvalue weighted by atomic mass is 9.91. The number of carbonyl (C=O) groups excluding carboxylic acids is 2. The molecular weight excluding hydrogens is 348 g/mol. The van der Waals surface area contributed by atoms with Gasteiger partial charge in [0.05, 0.1) is 18.1 Å². The molecule has 1 saturated carbocycles. The molecule has 2 fully saturated rings. The lowest BCUT2D eigenvalue weighted by molar-refractivity contribution is -0.168. The van der Waals surface area contributed by atoms with Gasteiger partial charge in [0.1, 0.15) is 6.10 Å². The minimum absolute atomic E-state index is 0.0166. The van der Waals surface area contributed by atoms with E-state index in [9.17, 15) is 19.8 Å². The third-order valence-electron chi connectivity index (χ3n) is 5.42. The molecule has 0 aromatic heterocycles. The van der Waals surface area contributed by atoms with Crippen molar-refractivity contribution in [1.29, 1.82) is 0 Å². The molecule has 2 bridgehead atoms. The first-order chi connectivity index (χ1) is 13.1. The summed E-state index contributed by atoms with van der Waals surface area (Å²) in [4.78, 5) is 24.2. The highest BCUT2D eigenvalue weighted by Gasteiger charge is 2.57. The summed E-state index contributed by atoms with van der Waals surface area (Å²) in [6, 6.07) is 16.8. The zero-order valence-electron chi connectivity index (χ0n) is 14.5. The van der Waals surface area contributed by atoms with Crippen molar-refractivity contribution in [2.75, 3.05) is 6.61 Å². The number of rotatable bonds is 4. The van der Waals surface area contributed by atoms with Gasteiger partial charge in [-0.3, -0.25) is 4.79 Å². The van der Waals surface area contributed by atoms with Crippen LogP contribution in [0.3, 0.4) is 0 Å². The Balaban J connectivity index is 1.51. The molecular formula is C21H20O6. The van der Waals surface area contributed by atoms with Gasteiger partial charge in [-0.05, 0) is 23.3 Å². The summed E-state index contributed by atoms with van der Waals surface area (Å²) in [7, 11) is 0. The van der Waals surface area contributed by atoms with Crippen LogP contribution in [0.15, 0.2) is 54.6 Å². The maximum atomic E-state index is 12.6. The summed E-state index contributed by atoms with van der Waals surface area (Å²) in [6.07, 6.45) is -2.70. The predicted molar refractivity (Wildman–Crippen MR) is 95.7 cm³/mol. The first-order valence-electron chi connectivity index (χ1n) is 8.93. The van der Waals surface area contributed by atoms with Gasteiger partial charge in [-0.2, -0.15) is 0 Å². The lowest BCUT2D eigenvalue weighted by Gasteiger charge is -2.26. The predicted octanol–water partition coefficient (Wildman–Crippen LogP) is 1.79. The van der Waals surface area contributed by atoms with E-state index >= 15 is 0 Å². The first-order valence-corrected chi connectivity index (χ1v) is 8.93. The molecule has 6 nitrogen and oxygen atoms in total. The van der Waals surface area contributed by atoms with Gasteiger partial charge in [-0.15, -0.1) is 0 Å². The number of hydrogen-bond acceptors (Lipinski definition) is 6. The van der Waals surface area contributed by atoms with Crippen molar-refractivity contribution in [2.45, 2.75) is 24.7 Å². The fraction of sp³-hybridized carbons (Fsp3) is 0.333. The quantitative estimate of drug-likeness (QED) is 0.800. The zero-order valence-corrected chi connectivity index (χ0v) is 14.5. The highest BCUT2D eigenvalue weighted by atomic mass is 16.6. The third-order valence-corrected chi connectivity index (χ3v) is 5.42. The van der Waals surface area contributed by atoms with Gasteiger partial charge in [0, 0.05) is 18.4 Å². The van der Waals surface area contributed by atoms with Crippen LogP contribution in [0.2, 0.25) is 0 Å². The Bertz CT molecular complexity index is 832. The average molecular weight is 368 g/mol. The summed E-state index contributed by atoms with van der Waals surface area (Å²) in [6.45, 7) is -0.292. The van der Waals surface area contributed by atoms with E-state index < -0.39 is 42.1 Å². The molecule has 1 unspecified atom stereocenters. The van der Waals surface area contributed by atoms with Crippen LogP contribution in [-0.4, -0.2) is 47.1 Å². The number of esters is 2. The standard InChI is InChI=1S/C21H20O6/c22-11-16-15-10-17(23)26-20(18(15)24)19(16)27-21(25)14-8-6-13(7-9-14)12-4-2-1-3-5-12/h1-9,15-16,18-20,22,24H,10-11H2/t15-,16+,18+,19+,20?/m1/s1. The third kappa shape index (κ3) is 3.22. The highest BCUT2D eigenvalue weighted by molar-refractivity contribution is 5.90. The molecule has 2 aromatic rings. The van der Waals surface area contributed by atoms with Gasteiger partial charge >= 0.3 is 11.9 Å². The fourth-order valence-electron chi connectivity index (χ4n) is 3.99. The Morgan fingerprint density at radius 3 is 2.41 bits per heavy atom. The highest BCUT2D eigenvalue weighted by Crippen LogP contribution is 2.42. The number of carbonyl (C=O) groups is 2. The van der Waals surface area contributed by atoms with Crippen LogP contribution < -0.4 is 0 Å². The molecule has 1 heterocycles. The molecule has 0 spiro atoms. The van der Waals surface area contributed by atoms with Gasteiger partial charge in [0.25, 0.3) is 0 Å². The molecule has 1 aliphatic carbocycles. The van der Waals surface area contributed by atoms with Crippen LogP contribution in [-0.2, 0) is 14.3 Å². The van der Waals surface area contributed by atoms with Gasteiger partial charge in [-0.1, -0.05) is 42.5 Å². The van der Waals surface area contributed by atoms with Crippen LogP contribution in [0.25, 0.3) is 11.1 Å². The molecule has 2 aliphatic rings. The molecule has 1 saturated heterocycles. The Labute approximate surface area is 156 Å². The van der Waals surface area contributed by atoms with Crippen molar-refractivity contribution < 1.29 is 29.3 Å². The maximum Gasteiger partial charge on any atom is 0.338 e. The molecule has 4 rings (SSSR count). The van der Waals surface area contributed by atoms with E-state index in [1.165, 1.54) is 0 Å². The number of fused-ring (bicyclic) bond motifs is 2. The Hall–Kier alpha value is -2.70. The molecule has 2 N–H and O–H groups in total. The van der Waals surface area contributed by atoms with Crippen LogP contribution in [0.1, 0.15) is 16.8 Å². The second-order valence-electron chi connectivity index (χ2n) is 6.97. The number of aliphatic hydroxyl groups excluding tert-OH is 2. The largest absolute Gasteiger partial charge is 0.456 e. The summed E-state index contributed by atoms with van der Waals surface area (Å²) in [5.41, 5.74) is 2.37. The van der Waals surface area contributed by atoms with Gasteiger partial charge in [-0.25, -0.2) is 4.79 Å². The summed E-state index contributed by atoms with van der Waals surface area (Å²) in [5, 5.41) is 19.9. The molecule has 140 valence electrons. The number of hydrogen-bond donors (Lipinski definition) is 2. The average Bonchev–Trinajstić information content (AvgIpc) is 2.84. The normalized spacial score (nSPS) is 29.3. The second kappa shape index (κ2) is 7.13. The van der Waals surface area contributed by atoms with Crippen molar-refractivity contribution in [1.82, 2.24) is 0 Å². The van der Waals surface area contributed by atoms with E-state index in [1.807, 2.05) is 42.5 Å². The van der Waals surface area contributed by atoms with E-state index in [4.69, 9.17) is 9.47 Å². The van der Waals surface area contributed by atoms with Crippen LogP contribution >= 0.6 is 0 Å². The SMILES string of the molecule is O=C1C[C@@H]2[C@H](CO)[C@H](OC(=O)c3ccc(-c4ccccc4)cc3)C(O1)[C@H]2O. The van der Waals surface area contributed by atoms with Crippen molar-refractivity contribution >= 4 is 11.9 Å². The van der Waals surface area contributed by atoms with Crippen molar-refractivity contribution in [3.63, 3.8) is 0 Å². The summed E-state index contributed by atoms with van der Waals surface area (Å²) in [5.74, 6) is -2.00. The van der Waals surface area contributed by atoms with Crippen molar-refractivity contribution in [2.24, 2.45) is 11.8 Å². The van der Waals surface area contributed by atoms with E-state index in [0.29, 0.717) is 5.56 Å². The fourth-order valence-corrected chi connectivity index (χ4v) is 3.99. The monoisotopic (exact) mass is 368 g/mol. The van der Waals surface area contributed by atoms with E-state index in [2.05, 4.69) is 0 Å². The number of benzene rings is 2. The summed E-state index contributed by atoms with van der Waals surface area (Å²) < 4.78 is 10.7. The number of ether oxygens (including phenoxy) is 2. The first kappa shape index (κ1) is 17.7. The molecule has 2 aromatic carbocycles. The summed E-state index contributed by atoms with van der Waals surface area (Å²) >= 11 is 0. The zero-order chi connectivity index (χ0) is 19.0. The minimum Gasteiger partial charge on any atom is -0.456 e. The molecule has 6 heteroatoms. The van der Waals surface area contributed by atoms with Crippen molar-refractivity contribution in [3.8, 4) is 11.1 Å². The van der Waals surface area contributed by atoms with E-state index in [0.717, 1.165) is 11.1 Å². The molecule has 0 amide bonds. The molecule has 0 radical (unpaired) electrons. The Morgan fingerprint density at radius 2 is 1.74 bits per heavy atom. The van der Waals surface area contributed by atoms with Gasteiger partial charge in [0.2, 0.25) is 0 Å². The lowest BCUT2D eigenvalue weighted by Crippen LogP contribution is -2.41. The maximum absolute atomic E-state index is 12.6. The van der Waals surface area contributed by atoms with Crippen LogP contribution in [0.4, 0.5) is 0 Å². The van der Waals surface area contributed by atoms with Gasteiger partial charge in [0.15, 0.2) is 6.10 Å². The molecule has 27 heavy (non-hydrogen) atoms. The van der Waals surface area contributed by atoms with Crippen LogP contribution in [0.5, 0.6) is 0 Å². The van der Waals surface area contributed by atoms with Gasteiger partial charge < -0.3 is 19.7 Å². The Kier molecular flexibility index (Phi) is 4.68. The van der Waals surface area contributed by atoms with E-state index in [-0.39, 0.29) is 13.0 Å². The minimum atomic E-state index is -0.932. The second-order valence-corrected chi connectivity index (χ2v) is 6.97. The Morgan fingerprint density at radius 1 is 1.07 bits per heavy atom. The molecule has 1 aliphatic heterocycles. The number of aliphatic hydroxyl groups is 2. The smallest absolute Gasteiger partial charge is 0.338 e. The molecule has 5 atom stereocenters.